The van der Waals surface area contributed by atoms with Crippen molar-refractivity contribution in [3.63, 3.8) is 0 Å². The van der Waals surface area contributed by atoms with Crippen molar-refractivity contribution < 1.29 is 9.47 Å². The third kappa shape index (κ3) is 2.27. The average Bonchev–Trinajstić information content (AvgIpc) is 2.94. The predicted molar refractivity (Wildman–Crippen MR) is 77.2 cm³/mol. The Kier molecular flexibility index (Phi) is 3.18. The summed E-state index contributed by atoms with van der Waals surface area (Å²) in [6.45, 7) is 4.50. The van der Waals surface area contributed by atoms with Crippen LogP contribution in [-0.2, 0) is 0 Å². The largest absolute Gasteiger partial charge is 0.454 e. The van der Waals surface area contributed by atoms with Crippen LogP contribution in [0.4, 0.5) is 5.82 Å². The van der Waals surface area contributed by atoms with Gasteiger partial charge in [0, 0.05) is 24.4 Å². The van der Waals surface area contributed by atoms with E-state index in [1.54, 1.807) is 0 Å². The number of ether oxygens (including phenoxy) is 2. The number of aromatic nitrogens is 2. The minimum atomic E-state index is 0.271. The summed E-state index contributed by atoms with van der Waals surface area (Å²) in [4.78, 5) is 9.14. The van der Waals surface area contributed by atoms with Gasteiger partial charge < -0.3 is 14.8 Å². The average molecular weight is 271 g/mol. The summed E-state index contributed by atoms with van der Waals surface area (Å²) in [6.07, 6.45) is 0. The summed E-state index contributed by atoms with van der Waals surface area (Å²) >= 11 is 0. The van der Waals surface area contributed by atoms with E-state index in [0.29, 0.717) is 11.7 Å². The summed E-state index contributed by atoms with van der Waals surface area (Å²) in [6, 6.07) is 7.73. The normalized spacial score (nSPS) is 12.8. The van der Waals surface area contributed by atoms with Crippen LogP contribution in [0, 0.1) is 0 Å². The predicted octanol–water partition coefficient (Wildman–Crippen LogP) is 3.04. The molecule has 1 aromatic heterocycles. The highest BCUT2D eigenvalue weighted by molar-refractivity contribution is 5.63. The molecule has 0 saturated heterocycles. The van der Waals surface area contributed by atoms with Crippen LogP contribution in [-0.4, -0.2) is 23.8 Å². The maximum atomic E-state index is 5.40. The van der Waals surface area contributed by atoms with Crippen LogP contribution < -0.4 is 14.8 Å². The zero-order valence-electron chi connectivity index (χ0n) is 11.8. The second-order valence-electron chi connectivity index (χ2n) is 4.97. The lowest BCUT2D eigenvalue weighted by molar-refractivity contribution is 0.174. The van der Waals surface area contributed by atoms with Crippen LogP contribution in [0.25, 0.3) is 11.4 Å². The molecule has 1 aromatic carbocycles. The molecule has 0 aliphatic carbocycles. The molecule has 0 atom stereocenters. The van der Waals surface area contributed by atoms with E-state index in [1.165, 1.54) is 0 Å². The Morgan fingerprint density at radius 2 is 1.90 bits per heavy atom. The Morgan fingerprint density at radius 3 is 2.65 bits per heavy atom. The van der Waals surface area contributed by atoms with Crippen molar-refractivity contribution in [2.24, 2.45) is 0 Å². The van der Waals surface area contributed by atoms with Crippen molar-refractivity contribution in [2.75, 3.05) is 19.2 Å². The zero-order chi connectivity index (χ0) is 14.1. The molecule has 104 valence electrons. The fourth-order valence-electron chi connectivity index (χ4n) is 2.05. The minimum absolute atomic E-state index is 0.271. The molecule has 0 fully saturated rings. The van der Waals surface area contributed by atoms with Crippen molar-refractivity contribution in [3.05, 3.63) is 30.0 Å². The van der Waals surface area contributed by atoms with E-state index < -0.39 is 0 Å². The topological polar surface area (TPSA) is 56.3 Å². The highest BCUT2D eigenvalue weighted by atomic mass is 16.7. The maximum Gasteiger partial charge on any atom is 0.231 e. The summed E-state index contributed by atoms with van der Waals surface area (Å²) in [5, 5.41) is 3.08. The molecule has 0 amide bonds. The number of hydrogen-bond donors (Lipinski definition) is 1. The van der Waals surface area contributed by atoms with Crippen LogP contribution in [0.1, 0.15) is 25.5 Å². The van der Waals surface area contributed by atoms with Crippen LogP contribution >= 0.6 is 0 Å². The molecule has 0 saturated carbocycles. The molecule has 1 aliphatic heterocycles. The number of hydrogen-bond acceptors (Lipinski definition) is 5. The Labute approximate surface area is 118 Å². The molecule has 5 nitrogen and oxygen atoms in total. The highest BCUT2D eigenvalue weighted by Crippen LogP contribution is 2.35. The Bertz CT molecular complexity index is 641. The van der Waals surface area contributed by atoms with Gasteiger partial charge in [0.05, 0.1) is 0 Å². The van der Waals surface area contributed by atoms with Crippen molar-refractivity contribution in [1.82, 2.24) is 9.97 Å². The van der Waals surface area contributed by atoms with E-state index in [4.69, 9.17) is 9.47 Å². The lowest BCUT2D eigenvalue weighted by atomic mass is 10.1. The molecular formula is C15H17N3O2. The van der Waals surface area contributed by atoms with Crippen LogP contribution in [0.5, 0.6) is 11.5 Å². The van der Waals surface area contributed by atoms with Crippen LogP contribution in [0.15, 0.2) is 24.3 Å². The molecule has 0 spiro atoms. The number of fused-ring (bicyclic) bond motifs is 1. The fourth-order valence-corrected chi connectivity index (χ4v) is 2.05. The molecule has 1 N–H and O–H groups in total. The van der Waals surface area contributed by atoms with Gasteiger partial charge in [0.25, 0.3) is 0 Å². The monoisotopic (exact) mass is 271 g/mol. The first kappa shape index (κ1) is 12.7. The lowest BCUT2D eigenvalue weighted by Gasteiger charge is -2.10. The Morgan fingerprint density at radius 1 is 1.10 bits per heavy atom. The molecule has 20 heavy (non-hydrogen) atoms. The van der Waals surface area contributed by atoms with E-state index in [2.05, 4.69) is 29.1 Å². The first-order valence-corrected chi connectivity index (χ1v) is 6.64. The van der Waals surface area contributed by atoms with E-state index in [9.17, 15) is 0 Å². The first-order chi connectivity index (χ1) is 9.67. The number of anilines is 1. The van der Waals surface area contributed by atoms with Crippen molar-refractivity contribution in [3.8, 4) is 22.9 Å². The standard InChI is InChI=1S/C15H17N3O2/c1-9(2)11-7-14(16-3)18-15(17-11)10-4-5-12-13(6-10)20-8-19-12/h4-7,9H,8H2,1-3H3,(H,16,17,18). The van der Waals surface area contributed by atoms with E-state index in [-0.39, 0.29) is 6.79 Å². The van der Waals surface area contributed by atoms with Crippen molar-refractivity contribution >= 4 is 5.82 Å². The van der Waals surface area contributed by atoms with Gasteiger partial charge in [0.2, 0.25) is 6.79 Å². The van der Waals surface area contributed by atoms with Gasteiger partial charge in [-0.1, -0.05) is 13.8 Å². The van der Waals surface area contributed by atoms with E-state index in [1.807, 2.05) is 31.3 Å². The summed E-state index contributed by atoms with van der Waals surface area (Å²) < 4.78 is 10.7. The highest BCUT2D eigenvalue weighted by Gasteiger charge is 2.16. The molecule has 1 aliphatic rings. The molecular weight excluding hydrogens is 254 g/mol. The third-order valence-electron chi connectivity index (χ3n) is 3.22. The number of nitrogens with zero attached hydrogens (tertiary/aromatic N) is 2. The van der Waals surface area contributed by atoms with Crippen molar-refractivity contribution in [1.29, 1.82) is 0 Å². The van der Waals surface area contributed by atoms with Gasteiger partial charge in [-0.3, -0.25) is 0 Å². The van der Waals surface area contributed by atoms with E-state index >= 15 is 0 Å². The van der Waals surface area contributed by atoms with Gasteiger partial charge >= 0.3 is 0 Å². The zero-order valence-corrected chi connectivity index (χ0v) is 11.8. The number of benzene rings is 1. The molecule has 5 heteroatoms. The smallest absolute Gasteiger partial charge is 0.231 e. The molecule has 0 bridgehead atoms. The van der Waals surface area contributed by atoms with Gasteiger partial charge in [0.15, 0.2) is 17.3 Å². The van der Waals surface area contributed by atoms with Gasteiger partial charge in [-0.25, -0.2) is 9.97 Å². The second-order valence-corrected chi connectivity index (χ2v) is 4.97. The molecule has 2 aromatic rings. The van der Waals surface area contributed by atoms with Crippen LogP contribution in [0.2, 0.25) is 0 Å². The number of rotatable bonds is 3. The SMILES string of the molecule is CNc1cc(C(C)C)nc(-c2ccc3c(c2)OCO3)n1. The fraction of sp³-hybridized carbons (Fsp3) is 0.333. The second kappa shape index (κ2) is 5.00. The molecule has 3 rings (SSSR count). The van der Waals surface area contributed by atoms with Gasteiger partial charge in [-0.15, -0.1) is 0 Å². The summed E-state index contributed by atoms with van der Waals surface area (Å²) in [7, 11) is 1.86. The van der Waals surface area contributed by atoms with Crippen molar-refractivity contribution in [2.45, 2.75) is 19.8 Å². The lowest BCUT2D eigenvalue weighted by Crippen LogP contribution is -2.02. The van der Waals surface area contributed by atoms with Gasteiger partial charge in [0.1, 0.15) is 5.82 Å². The quantitative estimate of drug-likeness (QED) is 0.929. The van der Waals surface area contributed by atoms with E-state index in [0.717, 1.165) is 28.6 Å². The summed E-state index contributed by atoms with van der Waals surface area (Å²) in [5.41, 5.74) is 1.94. The molecule has 0 unspecified atom stereocenters. The molecule has 2 heterocycles. The maximum absolute atomic E-state index is 5.40. The Hall–Kier alpha value is -2.30. The van der Waals surface area contributed by atoms with Gasteiger partial charge in [-0.2, -0.15) is 0 Å². The molecule has 0 radical (unpaired) electrons. The number of nitrogens with one attached hydrogen (secondary N) is 1. The first-order valence-electron chi connectivity index (χ1n) is 6.64. The summed E-state index contributed by atoms with van der Waals surface area (Å²) in [5.74, 6) is 3.36. The van der Waals surface area contributed by atoms with Gasteiger partial charge in [-0.05, 0) is 24.1 Å². The third-order valence-corrected chi connectivity index (χ3v) is 3.22. The Balaban J connectivity index is 2.07. The van der Waals surface area contributed by atoms with Crippen LogP contribution in [0.3, 0.4) is 0 Å². The minimum Gasteiger partial charge on any atom is -0.454 e.